The minimum atomic E-state index is 0.305. The second-order valence-electron chi connectivity index (χ2n) is 4.07. The van der Waals surface area contributed by atoms with Crippen molar-refractivity contribution < 1.29 is 0 Å². The molecule has 0 spiro atoms. The third-order valence-corrected chi connectivity index (χ3v) is 3.17. The van der Waals surface area contributed by atoms with E-state index in [0.717, 1.165) is 30.4 Å². The first kappa shape index (κ1) is 10.7. The Morgan fingerprint density at radius 1 is 1.29 bits per heavy atom. The van der Waals surface area contributed by atoms with E-state index in [-0.39, 0.29) is 0 Å². The molecule has 0 fully saturated rings. The maximum absolute atomic E-state index is 5.88. The number of fused-ring (bicyclic) bond motifs is 1. The van der Waals surface area contributed by atoms with Crippen LogP contribution >= 0.6 is 11.6 Å². The van der Waals surface area contributed by atoms with E-state index in [1.54, 1.807) is 6.20 Å². The number of hydrogen-bond acceptors (Lipinski definition) is 3. The number of nitrogens with one attached hydrogen (secondary N) is 1. The summed E-state index contributed by atoms with van der Waals surface area (Å²) in [5.74, 6) is 0. The van der Waals surface area contributed by atoms with E-state index < -0.39 is 0 Å². The molecule has 2 aromatic rings. The van der Waals surface area contributed by atoms with Gasteiger partial charge in [0.2, 0.25) is 5.28 Å². The van der Waals surface area contributed by atoms with Gasteiger partial charge in [-0.3, -0.25) is 0 Å². The van der Waals surface area contributed by atoms with E-state index in [2.05, 4.69) is 27.4 Å². The molecule has 4 heteroatoms. The molecule has 0 saturated heterocycles. The molecule has 1 aromatic heterocycles. The molecule has 0 unspecified atom stereocenters. The summed E-state index contributed by atoms with van der Waals surface area (Å²) in [6, 6.07) is 6.15. The van der Waals surface area contributed by atoms with Crippen molar-refractivity contribution in [2.24, 2.45) is 0 Å². The Morgan fingerprint density at radius 2 is 2.24 bits per heavy atom. The van der Waals surface area contributed by atoms with Crippen LogP contribution in [0.5, 0.6) is 0 Å². The predicted molar refractivity (Wildman–Crippen MR) is 70.0 cm³/mol. The summed E-state index contributed by atoms with van der Waals surface area (Å²) in [6.07, 6.45) is 5.02. The van der Waals surface area contributed by atoms with Crippen LogP contribution in [0, 0.1) is 0 Å². The highest BCUT2D eigenvalue weighted by Gasteiger charge is 2.10. The highest BCUT2D eigenvalue weighted by atomic mass is 35.5. The summed E-state index contributed by atoms with van der Waals surface area (Å²) < 4.78 is 0. The Kier molecular flexibility index (Phi) is 2.79. The van der Waals surface area contributed by atoms with Crippen molar-refractivity contribution in [2.75, 3.05) is 13.1 Å². The van der Waals surface area contributed by atoms with E-state index in [1.807, 2.05) is 12.1 Å². The van der Waals surface area contributed by atoms with Gasteiger partial charge in [-0.2, -0.15) is 0 Å². The van der Waals surface area contributed by atoms with Gasteiger partial charge in [-0.05, 0) is 30.1 Å². The van der Waals surface area contributed by atoms with Gasteiger partial charge in [0.05, 0.1) is 5.52 Å². The highest BCUT2D eigenvalue weighted by molar-refractivity contribution is 6.28. The van der Waals surface area contributed by atoms with Crippen molar-refractivity contribution >= 4 is 28.1 Å². The van der Waals surface area contributed by atoms with E-state index in [0.29, 0.717) is 5.28 Å². The van der Waals surface area contributed by atoms with Gasteiger partial charge < -0.3 is 5.32 Å². The van der Waals surface area contributed by atoms with Crippen LogP contribution in [0.2, 0.25) is 5.28 Å². The summed E-state index contributed by atoms with van der Waals surface area (Å²) in [5.41, 5.74) is 3.46. The van der Waals surface area contributed by atoms with Crippen molar-refractivity contribution in [1.29, 1.82) is 0 Å². The molecular formula is C13H12ClN3. The number of para-hydroxylation sites is 1. The van der Waals surface area contributed by atoms with Crippen LogP contribution in [0.15, 0.2) is 30.5 Å². The van der Waals surface area contributed by atoms with E-state index in [4.69, 9.17) is 11.6 Å². The minimum Gasteiger partial charge on any atom is -0.313 e. The third kappa shape index (κ3) is 2.04. The average molecular weight is 246 g/mol. The van der Waals surface area contributed by atoms with E-state index in [1.165, 1.54) is 11.1 Å². The number of nitrogens with zero attached hydrogens (tertiary/aromatic N) is 2. The van der Waals surface area contributed by atoms with Gasteiger partial charge >= 0.3 is 0 Å². The van der Waals surface area contributed by atoms with E-state index in [9.17, 15) is 0 Å². The van der Waals surface area contributed by atoms with Gasteiger partial charge in [0.15, 0.2) is 0 Å². The number of hydrogen-bond donors (Lipinski definition) is 1. The fourth-order valence-electron chi connectivity index (χ4n) is 2.16. The lowest BCUT2D eigenvalue weighted by molar-refractivity contribution is 0.739. The molecule has 1 aliphatic heterocycles. The summed E-state index contributed by atoms with van der Waals surface area (Å²) in [5, 5.41) is 4.65. The van der Waals surface area contributed by atoms with Crippen LogP contribution in [0.4, 0.5) is 0 Å². The van der Waals surface area contributed by atoms with Crippen molar-refractivity contribution in [3.63, 3.8) is 0 Å². The molecule has 86 valence electrons. The normalized spacial score (nSPS) is 15.9. The Morgan fingerprint density at radius 3 is 3.06 bits per heavy atom. The number of rotatable bonds is 1. The fraction of sp³-hybridized carbons (Fsp3) is 0.231. The molecule has 0 bridgehead atoms. The number of benzene rings is 1. The van der Waals surface area contributed by atoms with Crippen LogP contribution < -0.4 is 5.32 Å². The van der Waals surface area contributed by atoms with Crippen molar-refractivity contribution in [2.45, 2.75) is 6.42 Å². The molecule has 0 radical (unpaired) electrons. The van der Waals surface area contributed by atoms with Crippen LogP contribution in [-0.4, -0.2) is 23.1 Å². The molecule has 0 aliphatic carbocycles. The SMILES string of the molecule is Clc1ncc2cccc(C3=CCNCC3)c2n1. The zero-order valence-electron chi connectivity index (χ0n) is 9.28. The van der Waals surface area contributed by atoms with Crippen molar-refractivity contribution in [3.8, 4) is 0 Å². The topological polar surface area (TPSA) is 37.8 Å². The Balaban J connectivity index is 2.21. The first-order chi connectivity index (χ1) is 8.34. The first-order valence-electron chi connectivity index (χ1n) is 5.66. The average Bonchev–Trinajstić information content (AvgIpc) is 2.39. The zero-order valence-corrected chi connectivity index (χ0v) is 10.0. The lowest BCUT2D eigenvalue weighted by atomic mass is 9.98. The molecule has 1 aromatic carbocycles. The summed E-state index contributed by atoms with van der Waals surface area (Å²) in [7, 11) is 0. The van der Waals surface area contributed by atoms with Crippen LogP contribution in [0.3, 0.4) is 0 Å². The molecular weight excluding hydrogens is 234 g/mol. The molecule has 3 rings (SSSR count). The fourth-order valence-corrected chi connectivity index (χ4v) is 2.29. The van der Waals surface area contributed by atoms with Crippen LogP contribution in [0.1, 0.15) is 12.0 Å². The predicted octanol–water partition coefficient (Wildman–Crippen LogP) is 2.66. The number of halogens is 1. The standard InChI is InChI=1S/C13H12ClN3/c14-13-16-8-10-2-1-3-11(12(10)17-13)9-4-6-15-7-5-9/h1-4,8,15H,5-7H2. The molecule has 1 N–H and O–H groups in total. The molecule has 3 nitrogen and oxygen atoms in total. The Bertz CT molecular complexity index is 592. The molecule has 17 heavy (non-hydrogen) atoms. The van der Waals surface area contributed by atoms with Gasteiger partial charge in [0.25, 0.3) is 0 Å². The van der Waals surface area contributed by atoms with Crippen LogP contribution in [-0.2, 0) is 0 Å². The van der Waals surface area contributed by atoms with E-state index >= 15 is 0 Å². The molecule has 0 atom stereocenters. The molecule has 0 saturated carbocycles. The summed E-state index contributed by atoms with van der Waals surface area (Å²) in [4.78, 5) is 8.36. The van der Waals surface area contributed by atoms with Gasteiger partial charge in [0.1, 0.15) is 0 Å². The van der Waals surface area contributed by atoms with Crippen LogP contribution in [0.25, 0.3) is 16.5 Å². The molecule has 2 heterocycles. The lowest BCUT2D eigenvalue weighted by Crippen LogP contribution is -2.20. The minimum absolute atomic E-state index is 0.305. The van der Waals surface area contributed by atoms with Gasteiger partial charge in [-0.15, -0.1) is 0 Å². The largest absolute Gasteiger partial charge is 0.313 e. The number of aromatic nitrogens is 2. The third-order valence-electron chi connectivity index (χ3n) is 2.99. The van der Waals surface area contributed by atoms with Crippen molar-refractivity contribution in [1.82, 2.24) is 15.3 Å². The lowest BCUT2D eigenvalue weighted by Gasteiger charge is -2.15. The quantitative estimate of drug-likeness (QED) is 0.785. The monoisotopic (exact) mass is 245 g/mol. The van der Waals surface area contributed by atoms with Gasteiger partial charge in [0, 0.05) is 23.7 Å². The summed E-state index contributed by atoms with van der Waals surface area (Å²) >= 11 is 5.88. The highest BCUT2D eigenvalue weighted by Crippen LogP contribution is 2.26. The molecule has 1 aliphatic rings. The second kappa shape index (κ2) is 4.43. The smallest absolute Gasteiger partial charge is 0.222 e. The molecule has 0 amide bonds. The van der Waals surface area contributed by atoms with Crippen molar-refractivity contribution in [3.05, 3.63) is 41.3 Å². The second-order valence-corrected chi connectivity index (χ2v) is 4.40. The van der Waals surface area contributed by atoms with Gasteiger partial charge in [-0.1, -0.05) is 24.3 Å². The maximum Gasteiger partial charge on any atom is 0.222 e. The maximum atomic E-state index is 5.88. The van der Waals surface area contributed by atoms with Gasteiger partial charge in [-0.25, -0.2) is 9.97 Å². The Hall–Kier alpha value is -1.45. The Labute approximate surface area is 105 Å². The first-order valence-corrected chi connectivity index (χ1v) is 6.04. The summed E-state index contributed by atoms with van der Waals surface area (Å²) in [6.45, 7) is 1.94. The zero-order chi connectivity index (χ0) is 11.7.